The summed E-state index contributed by atoms with van der Waals surface area (Å²) in [4.78, 5) is 0. The van der Waals surface area contributed by atoms with Gasteiger partial charge in [0, 0.05) is 20.2 Å². The molecule has 2 rings (SSSR count). The Balaban J connectivity index is 2.17. The Hall–Kier alpha value is -0.0951. The van der Waals surface area contributed by atoms with Crippen molar-refractivity contribution >= 4 is 7.85 Å². The van der Waals surface area contributed by atoms with Crippen molar-refractivity contribution < 1.29 is 18.9 Å². The molecule has 13 heavy (non-hydrogen) atoms. The van der Waals surface area contributed by atoms with Crippen LogP contribution in [0.25, 0.3) is 0 Å². The van der Waals surface area contributed by atoms with Crippen molar-refractivity contribution in [1.29, 1.82) is 0 Å². The van der Waals surface area contributed by atoms with E-state index in [1.165, 1.54) is 0 Å². The van der Waals surface area contributed by atoms with Crippen LogP contribution in [0.2, 0.25) is 0 Å². The molecular weight excluding hydrogens is 171 g/mol. The maximum absolute atomic E-state index is 5.72. The highest BCUT2D eigenvalue weighted by atomic mass is 16.7. The first-order valence-electron chi connectivity index (χ1n) is 4.30. The molecule has 2 fully saturated rings. The van der Waals surface area contributed by atoms with Crippen LogP contribution in [0.15, 0.2) is 0 Å². The molecule has 0 amide bonds. The Kier molecular flexibility index (Phi) is 2.36. The zero-order valence-corrected chi connectivity index (χ0v) is 7.86. The summed E-state index contributed by atoms with van der Waals surface area (Å²) in [6.45, 7) is 0.952. The average molecular weight is 184 g/mol. The molecule has 2 aliphatic rings. The first-order valence-corrected chi connectivity index (χ1v) is 4.30. The minimum absolute atomic E-state index is 0.109. The van der Waals surface area contributed by atoms with Crippen LogP contribution in [0.1, 0.15) is 0 Å². The van der Waals surface area contributed by atoms with E-state index >= 15 is 0 Å². The number of methoxy groups -OCH3 is 2. The van der Waals surface area contributed by atoms with E-state index in [1.807, 2.05) is 0 Å². The average Bonchev–Trinajstić information content (AvgIpc) is 2.55. The second kappa shape index (κ2) is 3.24. The van der Waals surface area contributed by atoms with Crippen LogP contribution >= 0.6 is 0 Å². The Labute approximate surface area is 78.9 Å². The van der Waals surface area contributed by atoms with Gasteiger partial charge in [-0.15, -0.1) is 0 Å². The molecular formula is C8H13BO4. The summed E-state index contributed by atoms with van der Waals surface area (Å²) >= 11 is 0. The molecule has 0 saturated carbocycles. The largest absolute Gasteiger partial charge is 0.381 e. The molecule has 2 radical (unpaired) electrons. The summed E-state index contributed by atoms with van der Waals surface area (Å²) in [7, 11) is 8.98. The molecule has 2 bridgehead atoms. The van der Waals surface area contributed by atoms with Crippen molar-refractivity contribution in [2.24, 2.45) is 0 Å². The molecule has 1 unspecified atom stereocenters. The number of rotatable bonds is 3. The highest BCUT2D eigenvalue weighted by molar-refractivity contribution is 6.11. The fraction of sp³-hybridized carbons (Fsp3) is 1.00. The smallest absolute Gasteiger partial charge is 0.143 e. The Morgan fingerprint density at radius 1 is 1.54 bits per heavy atom. The molecule has 0 aliphatic carbocycles. The van der Waals surface area contributed by atoms with E-state index in [1.54, 1.807) is 14.2 Å². The lowest BCUT2D eigenvalue weighted by Gasteiger charge is -2.29. The first-order chi connectivity index (χ1) is 6.23. The summed E-state index contributed by atoms with van der Waals surface area (Å²) in [5.74, 6) is 0. The van der Waals surface area contributed by atoms with E-state index in [-0.39, 0.29) is 12.2 Å². The molecule has 2 saturated heterocycles. The van der Waals surface area contributed by atoms with Gasteiger partial charge < -0.3 is 18.9 Å². The van der Waals surface area contributed by atoms with E-state index in [0.717, 1.165) is 0 Å². The summed E-state index contributed by atoms with van der Waals surface area (Å²) in [6.07, 6.45) is -0.261. The van der Waals surface area contributed by atoms with Crippen LogP contribution in [-0.2, 0) is 18.9 Å². The third kappa shape index (κ3) is 1.22. The predicted octanol–water partition coefficient (Wildman–Crippen LogP) is -0.690. The van der Waals surface area contributed by atoms with Crippen LogP contribution in [0, 0.1) is 0 Å². The minimum Gasteiger partial charge on any atom is -0.381 e. The lowest BCUT2D eigenvalue weighted by Crippen LogP contribution is -2.45. The second-order valence-corrected chi connectivity index (χ2v) is 3.51. The van der Waals surface area contributed by atoms with E-state index in [4.69, 9.17) is 26.8 Å². The maximum atomic E-state index is 5.72. The summed E-state index contributed by atoms with van der Waals surface area (Å²) in [6, 6.07) is -0.395. The third-order valence-electron chi connectivity index (χ3n) is 2.67. The van der Waals surface area contributed by atoms with Gasteiger partial charge in [0.2, 0.25) is 0 Å². The molecule has 4 atom stereocenters. The molecule has 0 spiro atoms. The lowest BCUT2D eigenvalue weighted by molar-refractivity contribution is -0.144. The number of fused-ring (bicyclic) bond motifs is 2. The zero-order valence-electron chi connectivity index (χ0n) is 7.86. The fourth-order valence-corrected chi connectivity index (χ4v) is 2.16. The van der Waals surface area contributed by atoms with Gasteiger partial charge in [0.25, 0.3) is 0 Å². The summed E-state index contributed by atoms with van der Waals surface area (Å²) in [5.41, 5.74) is -0.492. The van der Waals surface area contributed by atoms with Gasteiger partial charge in [-0.1, -0.05) is 0 Å². The number of ether oxygens (including phenoxy) is 4. The molecule has 5 heteroatoms. The topological polar surface area (TPSA) is 36.9 Å². The molecule has 4 nitrogen and oxygen atoms in total. The normalized spacial score (nSPS) is 48.6. The maximum Gasteiger partial charge on any atom is 0.143 e. The van der Waals surface area contributed by atoms with E-state index < -0.39 is 11.6 Å². The van der Waals surface area contributed by atoms with Crippen molar-refractivity contribution in [2.75, 3.05) is 27.4 Å². The van der Waals surface area contributed by atoms with Crippen molar-refractivity contribution in [2.45, 2.75) is 23.8 Å². The van der Waals surface area contributed by atoms with Crippen molar-refractivity contribution in [3.63, 3.8) is 0 Å². The van der Waals surface area contributed by atoms with Crippen LogP contribution in [0.3, 0.4) is 0 Å². The van der Waals surface area contributed by atoms with Gasteiger partial charge in [0.1, 0.15) is 25.7 Å². The van der Waals surface area contributed by atoms with Crippen molar-refractivity contribution in [1.82, 2.24) is 0 Å². The van der Waals surface area contributed by atoms with Gasteiger partial charge in [-0.3, -0.25) is 0 Å². The second-order valence-electron chi connectivity index (χ2n) is 3.51. The Morgan fingerprint density at radius 3 is 2.85 bits per heavy atom. The minimum atomic E-state index is -0.492. The molecule has 0 aromatic carbocycles. The highest BCUT2D eigenvalue weighted by Gasteiger charge is 2.60. The van der Waals surface area contributed by atoms with E-state index in [0.29, 0.717) is 13.2 Å². The molecule has 2 heterocycles. The van der Waals surface area contributed by atoms with Gasteiger partial charge in [0.15, 0.2) is 0 Å². The van der Waals surface area contributed by atoms with Crippen LogP contribution in [-0.4, -0.2) is 59.1 Å². The predicted molar refractivity (Wildman–Crippen MR) is 45.8 cm³/mol. The monoisotopic (exact) mass is 184 g/mol. The third-order valence-corrected chi connectivity index (χ3v) is 2.67. The molecule has 0 aromatic heterocycles. The standard InChI is InChI=1S/C8H13BO4/c1-10-3-8-4-12-5(6(8)11-2)7(9)13-8/h5-7H,3-4H2,1-2H3/t5-,6+,7-,8?/m1/s1. The van der Waals surface area contributed by atoms with E-state index in [2.05, 4.69) is 0 Å². The van der Waals surface area contributed by atoms with Gasteiger partial charge in [0.05, 0.1) is 13.2 Å². The summed E-state index contributed by atoms with van der Waals surface area (Å²) in [5, 5.41) is 0. The highest BCUT2D eigenvalue weighted by Crippen LogP contribution is 2.40. The quantitative estimate of drug-likeness (QED) is 0.544. The Morgan fingerprint density at radius 2 is 2.31 bits per heavy atom. The summed E-state index contributed by atoms with van der Waals surface area (Å²) < 4.78 is 21.5. The molecule has 2 aliphatic heterocycles. The van der Waals surface area contributed by atoms with Gasteiger partial charge in [-0.2, -0.15) is 0 Å². The molecule has 0 aromatic rings. The van der Waals surface area contributed by atoms with Crippen molar-refractivity contribution in [3.05, 3.63) is 0 Å². The van der Waals surface area contributed by atoms with E-state index in [9.17, 15) is 0 Å². The first kappa shape index (κ1) is 9.46. The lowest BCUT2D eigenvalue weighted by atomic mass is 9.92. The fourth-order valence-electron chi connectivity index (χ4n) is 2.16. The van der Waals surface area contributed by atoms with Crippen LogP contribution < -0.4 is 0 Å². The SMILES string of the molecule is [B][C@@H]1OC2(COC)CO[C@@H]1[C@@H]2OC. The van der Waals surface area contributed by atoms with Crippen LogP contribution in [0.5, 0.6) is 0 Å². The number of hydrogen-bond acceptors (Lipinski definition) is 4. The van der Waals surface area contributed by atoms with Crippen molar-refractivity contribution in [3.8, 4) is 0 Å². The molecule has 72 valence electrons. The van der Waals surface area contributed by atoms with Gasteiger partial charge >= 0.3 is 0 Å². The van der Waals surface area contributed by atoms with Gasteiger partial charge in [-0.05, 0) is 0 Å². The molecule has 0 N–H and O–H groups in total. The van der Waals surface area contributed by atoms with Crippen LogP contribution in [0.4, 0.5) is 0 Å². The van der Waals surface area contributed by atoms with Gasteiger partial charge in [-0.25, -0.2) is 0 Å². The zero-order chi connectivity index (χ0) is 9.47. The Bertz CT molecular complexity index is 201. The number of hydrogen-bond donors (Lipinski definition) is 0.